The Morgan fingerprint density at radius 1 is 1.33 bits per heavy atom. The molecule has 1 aromatic heterocycles. The average Bonchev–Trinajstić information content (AvgIpc) is 2.54. The molecule has 1 aromatic rings. The van der Waals surface area contributed by atoms with Gasteiger partial charge in [-0.1, -0.05) is 19.3 Å². The van der Waals surface area contributed by atoms with Crippen LogP contribution in [0, 0.1) is 0 Å². The number of thioether (sulfide) groups is 1. The predicted octanol–water partition coefficient (Wildman–Crippen LogP) is 1.71. The number of hydrazine groups is 1. The average molecular weight is 330 g/mol. The standard InChI is InChI=1S/C13H22N4O2S2/c1-20-13(7-3-2-4-8-13)10-16-21(18,19)11-5-6-12(17-14)15-9-11/h5-6,9,16H,2-4,7-8,10,14H2,1H3,(H,15,17). The van der Waals surface area contributed by atoms with Crippen LogP contribution in [0.2, 0.25) is 0 Å². The van der Waals surface area contributed by atoms with Crippen LogP contribution in [0.5, 0.6) is 0 Å². The topological polar surface area (TPSA) is 97.1 Å². The van der Waals surface area contributed by atoms with Gasteiger partial charge in [0, 0.05) is 17.5 Å². The minimum Gasteiger partial charge on any atom is -0.308 e. The van der Waals surface area contributed by atoms with E-state index in [2.05, 4.69) is 21.4 Å². The van der Waals surface area contributed by atoms with Crippen LogP contribution in [0.15, 0.2) is 23.2 Å². The zero-order chi connectivity index (χ0) is 15.3. The van der Waals surface area contributed by atoms with Crippen molar-refractivity contribution in [3.05, 3.63) is 18.3 Å². The third-order valence-corrected chi connectivity index (χ3v) is 6.78. The van der Waals surface area contributed by atoms with Gasteiger partial charge in [0.25, 0.3) is 0 Å². The summed E-state index contributed by atoms with van der Waals surface area (Å²) in [5.74, 6) is 5.65. The van der Waals surface area contributed by atoms with Crippen LogP contribution >= 0.6 is 11.8 Å². The first-order valence-corrected chi connectivity index (χ1v) is 9.70. The number of nitrogens with zero attached hydrogens (tertiary/aromatic N) is 1. The largest absolute Gasteiger partial charge is 0.308 e. The van der Waals surface area contributed by atoms with Crippen molar-refractivity contribution in [1.82, 2.24) is 9.71 Å². The Morgan fingerprint density at radius 3 is 2.57 bits per heavy atom. The Hall–Kier alpha value is -0.830. The minimum atomic E-state index is -3.53. The van der Waals surface area contributed by atoms with Crippen LogP contribution in [-0.2, 0) is 10.0 Å². The summed E-state index contributed by atoms with van der Waals surface area (Å²) in [7, 11) is -3.53. The first-order chi connectivity index (χ1) is 10.0. The smallest absolute Gasteiger partial charge is 0.242 e. The lowest BCUT2D eigenvalue weighted by Gasteiger charge is -2.35. The number of nitrogen functional groups attached to an aromatic ring is 1. The van der Waals surface area contributed by atoms with E-state index in [0.717, 1.165) is 12.8 Å². The van der Waals surface area contributed by atoms with Crippen molar-refractivity contribution < 1.29 is 8.42 Å². The Morgan fingerprint density at radius 2 is 2.05 bits per heavy atom. The fourth-order valence-corrected chi connectivity index (χ4v) is 4.66. The van der Waals surface area contributed by atoms with Crippen LogP contribution in [0.25, 0.3) is 0 Å². The normalized spacial score (nSPS) is 18.4. The summed E-state index contributed by atoms with van der Waals surface area (Å²) < 4.78 is 27.4. The van der Waals surface area contributed by atoms with Crippen molar-refractivity contribution in [3.63, 3.8) is 0 Å². The molecule has 1 aliphatic rings. The van der Waals surface area contributed by atoms with Gasteiger partial charge in [0.2, 0.25) is 10.0 Å². The van der Waals surface area contributed by atoms with Crippen LogP contribution in [0.3, 0.4) is 0 Å². The summed E-state index contributed by atoms with van der Waals surface area (Å²) in [5.41, 5.74) is 2.37. The van der Waals surface area contributed by atoms with E-state index in [4.69, 9.17) is 5.84 Å². The Bertz CT molecular complexity index is 554. The van der Waals surface area contributed by atoms with Crippen molar-refractivity contribution in [2.75, 3.05) is 18.2 Å². The van der Waals surface area contributed by atoms with Gasteiger partial charge in [-0.3, -0.25) is 0 Å². The number of nitrogens with one attached hydrogen (secondary N) is 2. The summed E-state index contributed by atoms with van der Waals surface area (Å²) in [6.07, 6.45) is 9.07. The number of rotatable bonds is 6. The molecule has 21 heavy (non-hydrogen) atoms. The van der Waals surface area contributed by atoms with E-state index in [-0.39, 0.29) is 9.64 Å². The number of aromatic nitrogens is 1. The van der Waals surface area contributed by atoms with Crippen LogP contribution in [0.4, 0.5) is 5.82 Å². The molecule has 0 saturated heterocycles. The predicted molar refractivity (Wildman–Crippen MR) is 86.6 cm³/mol. The second kappa shape index (κ2) is 6.95. The lowest BCUT2D eigenvalue weighted by atomic mass is 9.88. The molecule has 1 heterocycles. The maximum Gasteiger partial charge on any atom is 0.242 e. The SMILES string of the molecule is CSC1(CNS(=O)(=O)c2ccc(NN)nc2)CCCCC1. The highest BCUT2D eigenvalue weighted by Crippen LogP contribution is 2.38. The zero-order valence-corrected chi connectivity index (χ0v) is 13.8. The third kappa shape index (κ3) is 4.09. The molecule has 4 N–H and O–H groups in total. The number of nitrogens with two attached hydrogens (primary N) is 1. The van der Waals surface area contributed by atoms with Gasteiger partial charge in [-0.25, -0.2) is 24.0 Å². The van der Waals surface area contributed by atoms with E-state index in [9.17, 15) is 8.42 Å². The highest BCUT2D eigenvalue weighted by Gasteiger charge is 2.32. The zero-order valence-electron chi connectivity index (χ0n) is 12.1. The van der Waals surface area contributed by atoms with Crippen LogP contribution in [-0.4, -0.2) is 30.9 Å². The third-order valence-electron chi connectivity index (χ3n) is 3.98. The minimum absolute atomic E-state index is 0.0253. The quantitative estimate of drug-likeness (QED) is 0.543. The molecule has 0 aromatic carbocycles. The number of sulfonamides is 1. The molecule has 0 amide bonds. The summed E-state index contributed by atoms with van der Waals surface area (Å²) in [6.45, 7) is 0.466. The number of hydrogen-bond acceptors (Lipinski definition) is 6. The maximum absolute atomic E-state index is 12.3. The van der Waals surface area contributed by atoms with E-state index in [1.54, 1.807) is 17.8 Å². The lowest BCUT2D eigenvalue weighted by molar-refractivity contribution is 0.395. The second-order valence-corrected chi connectivity index (χ2v) is 8.34. The van der Waals surface area contributed by atoms with E-state index >= 15 is 0 Å². The summed E-state index contributed by atoms with van der Waals surface area (Å²) >= 11 is 1.77. The van der Waals surface area contributed by atoms with Crippen molar-refractivity contribution >= 4 is 27.6 Å². The van der Waals surface area contributed by atoms with Gasteiger partial charge < -0.3 is 5.43 Å². The van der Waals surface area contributed by atoms with Gasteiger partial charge in [0.1, 0.15) is 10.7 Å². The first kappa shape index (κ1) is 16.5. The lowest BCUT2D eigenvalue weighted by Crippen LogP contribution is -2.41. The molecule has 6 nitrogen and oxygen atoms in total. The van der Waals surface area contributed by atoms with Gasteiger partial charge in [-0.2, -0.15) is 11.8 Å². The van der Waals surface area contributed by atoms with Crippen molar-refractivity contribution in [1.29, 1.82) is 0 Å². The molecule has 0 spiro atoms. The molecule has 1 aliphatic carbocycles. The molecule has 0 atom stereocenters. The Kier molecular flexibility index (Phi) is 5.48. The van der Waals surface area contributed by atoms with Crippen molar-refractivity contribution in [2.24, 2.45) is 5.84 Å². The fraction of sp³-hybridized carbons (Fsp3) is 0.615. The first-order valence-electron chi connectivity index (χ1n) is 6.99. The fourth-order valence-electron chi connectivity index (χ4n) is 2.58. The molecule has 8 heteroatoms. The van der Waals surface area contributed by atoms with Gasteiger partial charge in [0.15, 0.2) is 0 Å². The number of pyridine rings is 1. The Balaban J connectivity index is 2.06. The van der Waals surface area contributed by atoms with E-state index in [0.29, 0.717) is 12.4 Å². The molecule has 118 valence electrons. The molecule has 0 aliphatic heterocycles. The highest BCUT2D eigenvalue weighted by atomic mass is 32.2. The molecule has 0 unspecified atom stereocenters. The molecule has 1 saturated carbocycles. The van der Waals surface area contributed by atoms with Gasteiger partial charge in [-0.05, 0) is 31.2 Å². The van der Waals surface area contributed by atoms with Gasteiger partial charge in [0.05, 0.1) is 0 Å². The molecule has 1 fully saturated rings. The van der Waals surface area contributed by atoms with Crippen molar-refractivity contribution in [2.45, 2.75) is 41.7 Å². The monoisotopic (exact) mass is 330 g/mol. The molecule has 0 radical (unpaired) electrons. The van der Waals surface area contributed by atoms with E-state index in [1.165, 1.54) is 31.5 Å². The Labute approximate surface area is 130 Å². The second-order valence-electron chi connectivity index (χ2n) is 5.30. The van der Waals surface area contributed by atoms with Crippen LogP contribution < -0.4 is 16.0 Å². The molecule has 2 rings (SSSR count). The maximum atomic E-state index is 12.3. The van der Waals surface area contributed by atoms with Gasteiger partial charge >= 0.3 is 0 Å². The molecular formula is C13H22N4O2S2. The summed E-state index contributed by atoms with van der Waals surface area (Å²) in [6, 6.07) is 3.04. The number of hydrogen-bond donors (Lipinski definition) is 3. The van der Waals surface area contributed by atoms with E-state index in [1.807, 2.05) is 0 Å². The van der Waals surface area contributed by atoms with Crippen LogP contribution in [0.1, 0.15) is 32.1 Å². The van der Waals surface area contributed by atoms with E-state index < -0.39 is 10.0 Å². The summed E-state index contributed by atoms with van der Waals surface area (Å²) in [4.78, 5) is 4.10. The van der Waals surface area contributed by atoms with Crippen molar-refractivity contribution in [3.8, 4) is 0 Å². The molecular weight excluding hydrogens is 308 g/mol. The molecule has 0 bridgehead atoms. The number of anilines is 1. The summed E-state index contributed by atoms with van der Waals surface area (Å²) in [5, 5.41) is 0. The highest BCUT2D eigenvalue weighted by molar-refractivity contribution is 8.00. The van der Waals surface area contributed by atoms with Gasteiger partial charge in [-0.15, -0.1) is 0 Å².